The van der Waals surface area contributed by atoms with Crippen LogP contribution in [0.4, 0.5) is 0 Å². The Balaban J connectivity index is 1.37. The fraction of sp³-hybridized carbons (Fsp3) is 0.381. The van der Waals surface area contributed by atoms with Gasteiger partial charge in [0.25, 0.3) is 0 Å². The van der Waals surface area contributed by atoms with Crippen molar-refractivity contribution in [2.75, 3.05) is 13.7 Å². The lowest BCUT2D eigenvalue weighted by molar-refractivity contribution is -0.129. The number of ether oxygens (including phenoxy) is 1. The quantitative estimate of drug-likeness (QED) is 0.912. The summed E-state index contributed by atoms with van der Waals surface area (Å²) in [4.78, 5) is 14.6. The summed E-state index contributed by atoms with van der Waals surface area (Å²) in [7, 11) is 1.69. The highest BCUT2D eigenvalue weighted by atomic mass is 16.5. The van der Waals surface area contributed by atoms with Crippen molar-refractivity contribution in [1.29, 1.82) is 0 Å². The first-order valence-electron chi connectivity index (χ1n) is 8.96. The molecule has 1 fully saturated rings. The van der Waals surface area contributed by atoms with E-state index in [9.17, 15) is 4.79 Å². The molecule has 1 heterocycles. The maximum atomic E-state index is 12.5. The van der Waals surface area contributed by atoms with Crippen LogP contribution in [-0.2, 0) is 24.2 Å². The van der Waals surface area contributed by atoms with E-state index in [1.807, 2.05) is 18.2 Å². The fourth-order valence-corrected chi connectivity index (χ4v) is 4.08. The lowest BCUT2D eigenvalue weighted by Gasteiger charge is -2.24. The Morgan fingerprint density at radius 2 is 1.72 bits per heavy atom. The molecule has 2 aliphatic rings. The van der Waals surface area contributed by atoms with Gasteiger partial charge in [0.05, 0.1) is 7.11 Å². The van der Waals surface area contributed by atoms with Gasteiger partial charge in [-0.2, -0.15) is 0 Å². The molecule has 4 nitrogen and oxygen atoms in total. The van der Waals surface area contributed by atoms with Crippen LogP contribution in [0.5, 0.6) is 5.75 Å². The largest absolute Gasteiger partial charge is 0.496 e. The molecule has 4 heteroatoms. The van der Waals surface area contributed by atoms with Gasteiger partial charge in [0, 0.05) is 37.2 Å². The van der Waals surface area contributed by atoms with Crippen molar-refractivity contribution in [3.05, 3.63) is 65.2 Å². The molecule has 0 aromatic heterocycles. The zero-order valence-electron chi connectivity index (χ0n) is 14.6. The highest BCUT2D eigenvalue weighted by Gasteiger charge is 2.36. The predicted octanol–water partition coefficient (Wildman–Crippen LogP) is 2.55. The molecule has 0 spiro atoms. The van der Waals surface area contributed by atoms with Crippen LogP contribution in [0, 0.1) is 0 Å². The summed E-state index contributed by atoms with van der Waals surface area (Å²) in [6, 6.07) is 17.1. The molecule has 2 aromatic rings. The summed E-state index contributed by atoms with van der Waals surface area (Å²) < 4.78 is 5.40. The highest BCUT2D eigenvalue weighted by molar-refractivity contribution is 5.80. The molecule has 130 valence electrons. The number of nitrogens with zero attached hydrogens (tertiary/aromatic N) is 1. The number of likely N-dealkylation sites (tertiary alicyclic amines) is 1. The number of fused-ring (bicyclic) bond motifs is 1. The Morgan fingerprint density at radius 3 is 2.44 bits per heavy atom. The molecule has 1 amide bonds. The molecule has 1 N–H and O–H groups in total. The fourth-order valence-electron chi connectivity index (χ4n) is 4.08. The van der Waals surface area contributed by atoms with Gasteiger partial charge in [-0.3, -0.25) is 4.79 Å². The number of nitrogens with one attached hydrogen (secondary N) is 1. The second-order valence-electron chi connectivity index (χ2n) is 6.97. The summed E-state index contributed by atoms with van der Waals surface area (Å²) in [6.45, 7) is 1.52. The van der Waals surface area contributed by atoms with Gasteiger partial charge < -0.3 is 15.0 Å². The van der Waals surface area contributed by atoms with E-state index in [0.29, 0.717) is 12.5 Å². The Morgan fingerprint density at radius 1 is 1.04 bits per heavy atom. The van der Waals surface area contributed by atoms with Gasteiger partial charge in [0.2, 0.25) is 5.91 Å². The maximum absolute atomic E-state index is 12.5. The number of benzene rings is 2. The Kier molecular flexibility index (Phi) is 4.45. The highest BCUT2D eigenvalue weighted by Crippen LogP contribution is 2.28. The van der Waals surface area contributed by atoms with E-state index >= 15 is 0 Å². The second kappa shape index (κ2) is 6.89. The molecule has 2 aromatic carbocycles. The van der Waals surface area contributed by atoms with Crippen molar-refractivity contribution in [3.8, 4) is 5.75 Å². The number of carbonyl (C=O) groups excluding carboxylic acids is 1. The first-order chi connectivity index (χ1) is 12.2. The minimum Gasteiger partial charge on any atom is -0.496 e. The van der Waals surface area contributed by atoms with Crippen molar-refractivity contribution < 1.29 is 9.53 Å². The minimum atomic E-state index is 0.209. The van der Waals surface area contributed by atoms with E-state index in [4.69, 9.17) is 4.74 Å². The van der Waals surface area contributed by atoms with Gasteiger partial charge >= 0.3 is 0 Å². The van der Waals surface area contributed by atoms with Crippen LogP contribution in [0.15, 0.2) is 48.5 Å². The number of para-hydroxylation sites is 1. The normalized spacial score (nSPS) is 20.1. The van der Waals surface area contributed by atoms with Crippen LogP contribution < -0.4 is 10.1 Å². The van der Waals surface area contributed by atoms with Gasteiger partial charge in [-0.1, -0.05) is 42.5 Å². The number of amides is 1. The number of hydrogen-bond acceptors (Lipinski definition) is 3. The van der Waals surface area contributed by atoms with Gasteiger partial charge in [-0.15, -0.1) is 0 Å². The van der Waals surface area contributed by atoms with Crippen molar-refractivity contribution >= 4 is 5.91 Å². The second-order valence-corrected chi connectivity index (χ2v) is 6.97. The predicted molar refractivity (Wildman–Crippen MR) is 97.6 cm³/mol. The van der Waals surface area contributed by atoms with Crippen LogP contribution >= 0.6 is 0 Å². The van der Waals surface area contributed by atoms with Crippen LogP contribution in [0.1, 0.15) is 23.1 Å². The van der Waals surface area contributed by atoms with E-state index in [1.165, 1.54) is 11.1 Å². The molecule has 1 atom stereocenters. The molecular weight excluding hydrogens is 312 g/mol. The Labute approximate surface area is 148 Å². The smallest absolute Gasteiger partial charge is 0.224 e. The van der Waals surface area contributed by atoms with Crippen LogP contribution in [0.3, 0.4) is 0 Å². The van der Waals surface area contributed by atoms with Gasteiger partial charge in [0.1, 0.15) is 5.75 Å². The molecular formula is C21H24N2O2. The van der Waals surface area contributed by atoms with E-state index in [2.05, 4.69) is 40.5 Å². The third-order valence-corrected chi connectivity index (χ3v) is 5.40. The summed E-state index contributed by atoms with van der Waals surface area (Å²) in [6.07, 6.45) is 2.56. The van der Waals surface area contributed by atoms with Crippen molar-refractivity contribution in [3.63, 3.8) is 0 Å². The molecule has 1 aliphatic heterocycles. The summed E-state index contributed by atoms with van der Waals surface area (Å²) in [5, 5.41) is 3.54. The lowest BCUT2D eigenvalue weighted by atomic mass is 10.1. The maximum Gasteiger partial charge on any atom is 0.224 e. The zero-order valence-corrected chi connectivity index (χ0v) is 14.6. The van der Waals surface area contributed by atoms with Crippen LogP contribution in [0.25, 0.3) is 0 Å². The molecule has 25 heavy (non-hydrogen) atoms. The molecule has 1 saturated heterocycles. The monoisotopic (exact) mass is 336 g/mol. The molecule has 1 aliphatic carbocycles. The zero-order chi connectivity index (χ0) is 17.2. The molecule has 0 saturated carbocycles. The third-order valence-electron chi connectivity index (χ3n) is 5.40. The number of rotatable bonds is 5. The number of methoxy groups -OCH3 is 1. The van der Waals surface area contributed by atoms with Gasteiger partial charge in [-0.25, -0.2) is 0 Å². The van der Waals surface area contributed by atoms with E-state index in [-0.39, 0.29) is 11.9 Å². The van der Waals surface area contributed by atoms with Gasteiger partial charge in [0.15, 0.2) is 0 Å². The molecule has 4 rings (SSSR count). The average molecular weight is 336 g/mol. The van der Waals surface area contributed by atoms with Gasteiger partial charge in [-0.05, 0) is 30.0 Å². The summed E-state index contributed by atoms with van der Waals surface area (Å²) >= 11 is 0. The lowest BCUT2D eigenvalue weighted by Crippen LogP contribution is -2.39. The van der Waals surface area contributed by atoms with E-state index in [1.54, 1.807) is 7.11 Å². The summed E-state index contributed by atoms with van der Waals surface area (Å²) in [5.74, 6) is 1.16. The number of hydrogen-bond donors (Lipinski definition) is 1. The number of carbonyl (C=O) groups is 1. The van der Waals surface area contributed by atoms with Crippen LogP contribution in [0.2, 0.25) is 0 Å². The standard InChI is InChI=1S/C21H24N2O2/c1-25-20-9-5-4-8-17(20)13-22-18-12-21(24)23(14-18)19-10-15-6-2-3-7-16(15)11-19/h2-9,18-19,22H,10-14H2,1H3. The van der Waals surface area contributed by atoms with Crippen molar-refractivity contribution in [2.45, 2.75) is 37.9 Å². The van der Waals surface area contributed by atoms with Crippen molar-refractivity contribution in [1.82, 2.24) is 10.2 Å². The SMILES string of the molecule is COc1ccccc1CNC1CC(=O)N(C2Cc3ccccc3C2)C1. The Bertz CT molecular complexity index is 749. The third kappa shape index (κ3) is 3.27. The first-order valence-corrected chi connectivity index (χ1v) is 8.96. The Hall–Kier alpha value is -2.33. The van der Waals surface area contributed by atoms with E-state index < -0.39 is 0 Å². The van der Waals surface area contributed by atoms with Crippen LogP contribution in [-0.4, -0.2) is 36.5 Å². The average Bonchev–Trinajstić information content (AvgIpc) is 3.23. The first kappa shape index (κ1) is 16.2. The topological polar surface area (TPSA) is 41.6 Å². The molecule has 1 unspecified atom stereocenters. The van der Waals surface area contributed by atoms with E-state index in [0.717, 1.165) is 37.2 Å². The molecule has 0 bridgehead atoms. The molecule has 0 radical (unpaired) electrons. The summed E-state index contributed by atoms with van der Waals surface area (Å²) in [5.41, 5.74) is 3.92. The van der Waals surface area contributed by atoms with Crippen molar-refractivity contribution in [2.24, 2.45) is 0 Å². The minimum absolute atomic E-state index is 0.209.